The fourth-order valence-corrected chi connectivity index (χ4v) is 2.09. The predicted octanol–water partition coefficient (Wildman–Crippen LogP) is 2.92. The minimum atomic E-state index is -0.434. The van der Waals surface area contributed by atoms with Gasteiger partial charge < -0.3 is 14.1 Å². The summed E-state index contributed by atoms with van der Waals surface area (Å²) in [5, 5.41) is 0.886. The van der Waals surface area contributed by atoms with Crippen LogP contribution in [-0.2, 0) is 11.2 Å². The van der Waals surface area contributed by atoms with Crippen molar-refractivity contribution >= 4 is 16.9 Å². The Morgan fingerprint density at radius 1 is 1.40 bits per heavy atom. The van der Waals surface area contributed by atoms with Crippen LogP contribution >= 0.6 is 0 Å². The lowest BCUT2D eigenvalue weighted by molar-refractivity contribution is 0.0492. The van der Waals surface area contributed by atoms with Crippen molar-refractivity contribution < 1.29 is 13.9 Å². The molecule has 5 nitrogen and oxygen atoms in total. The van der Waals surface area contributed by atoms with Gasteiger partial charge in [0.2, 0.25) is 5.76 Å². The zero-order valence-electron chi connectivity index (χ0n) is 11.1. The molecule has 0 bridgehead atoms. The maximum absolute atomic E-state index is 11.6. The first-order valence-electron chi connectivity index (χ1n) is 6.44. The topological polar surface area (TPSA) is 68.1 Å². The van der Waals surface area contributed by atoms with E-state index in [0.29, 0.717) is 18.6 Å². The summed E-state index contributed by atoms with van der Waals surface area (Å²) in [5.74, 6) is 0.701. The molecule has 20 heavy (non-hydrogen) atoms. The van der Waals surface area contributed by atoms with Crippen molar-refractivity contribution in [3.05, 3.63) is 53.8 Å². The summed E-state index contributed by atoms with van der Waals surface area (Å²) in [6.07, 6.45) is 4.23. The van der Waals surface area contributed by atoms with E-state index in [0.717, 1.165) is 16.8 Å². The van der Waals surface area contributed by atoms with Gasteiger partial charge in [0.25, 0.3) is 0 Å². The summed E-state index contributed by atoms with van der Waals surface area (Å²) >= 11 is 0. The first-order valence-corrected chi connectivity index (χ1v) is 6.44. The normalized spacial score (nSPS) is 10.8. The molecule has 0 aliphatic heterocycles. The molecule has 102 valence electrons. The van der Waals surface area contributed by atoms with Gasteiger partial charge in [-0.05, 0) is 30.7 Å². The Kier molecular flexibility index (Phi) is 3.25. The lowest BCUT2D eigenvalue weighted by atomic mass is 10.1. The highest BCUT2D eigenvalue weighted by molar-refractivity contribution is 5.92. The number of benzene rings is 1. The number of esters is 1. The number of aromatic nitrogens is 2. The molecular weight excluding hydrogens is 256 g/mol. The summed E-state index contributed by atoms with van der Waals surface area (Å²) in [5.41, 5.74) is 1.78. The van der Waals surface area contributed by atoms with Crippen LogP contribution in [0.2, 0.25) is 0 Å². The average Bonchev–Trinajstić information content (AvgIpc) is 3.07. The van der Waals surface area contributed by atoms with Crippen LogP contribution < -0.4 is 0 Å². The van der Waals surface area contributed by atoms with E-state index in [1.807, 2.05) is 18.2 Å². The third-order valence-corrected chi connectivity index (χ3v) is 2.98. The number of nitrogens with one attached hydrogen (secondary N) is 1. The zero-order valence-corrected chi connectivity index (χ0v) is 11.1. The smallest absolute Gasteiger partial charge is 0.374 e. The van der Waals surface area contributed by atoms with Crippen LogP contribution in [0.15, 0.2) is 41.1 Å². The minimum absolute atomic E-state index is 0.233. The number of hydrogen-bond acceptors (Lipinski definition) is 4. The number of carbonyl (C=O) groups is 1. The number of carbonyl (C=O) groups excluding carboxylic acids is 1. The molecule has 1 N–H and O–H groups in total. The second-order valence-corrected chi connectivity index (χ2v) is 4.42. The highest BCUT2D eigenvalue weighted by Crippen LogP contribution is 2.22. The number of ether oxygens (including phenoxy) is 1. The molecule has 0 radical (unpaired) electrons. The minimum Gasteiger partial charge on any atom is -0.460 e. The van der Waals surface area contributed by atoms with E-state index in [-0.39, 0.29) is 5.76 Å². The molecule has 3 rings (SSSR count). The second-order valence-electron chi connectivity index (χ2n) is 4.42. The van der Waals surface area contributed by atoms with Gasteiger partial charge in [-0.1, -0.05) is 6.07 Å². The standard InChI is InChI=1S/C15H14N2O3/c1-2-19-15(18)13-9-11-7-10(3-4-12(11)20-13)8-14-16-5-6-17-14/h3-7,9H,2,8H2,1H3,(H,16,17). The van der Waals surface area contributed by atoms with Crippen LogP contribution in [0.3, 0.4) is 0 Å². The van der Waals surface area contributed by atoms with Gasteiger partial charge in [-0.25, -0.2) is 9.78 Å². The first kappa shape index (κ1) is 12.5. The number of nitrogens with zero attached hydrogens (tertiary/aromatic N) is 1. The number of hydrogen-bond donors (Lipinski definition) is 1. The fourth-order valence-electron chi connectivity index (χ4n) is 2.09. The molecule has 2 heterocycles. The third kappa shape index (κ3) is 2.42. The molecule has 0 saturated carbocycles. The molecule has 3 aromatic rings. The molecule has 1 aromatic carbocycles. The number of aromatic amines is 1. The van der Waals surface area contributed by atoms with E-state index in [1.54, 1.807) is 25.4 Å². The van der Waals surface area contributed by atoms with Crippen molar-refractivity contribution in [3.63, 3.8) is 0 Å². The van der Waals surface area contributed by atoms with E-state index >= 15 is 0 Å². The molecule has 0 aliphatic carbocycles. The van der Waals surface area contributed by atoms with Crippen molar-refractivity contribution in [2.75, 3.05) is 6.61 Å². The maximum atomic E-state index is 11.6. The van der Waals surface area contributed by atoms with Gasteiger partial charge in [0.05, 0.1) is 6.61 Å². The van der Waals surface area contributed by atoms with Crippen molar-refractivity contribution in [1.82, 2.24) is 9.97 Å². The molecule has 0 unspecified atom stereocenters. The highest BCUT2D eigenvalue weighted by Gasteiger charge is 2.13. The van der Waals surface area contributed by atoms with Gasteiger partial charge in [-0.3, -0.25) is 0 Å². The van der Waals surface area contributed by atoms with E-state index in [4.69, 9.17) is 9.15 Å². The molecule has 2 aromatic heterocycles. The van der Waals surface area contributed by atoms with Gasteiger partial charge >= 0.3 is 5.97 Å². The predicted molar refractivity (Wildman–Crippen MR) is 73.6 cm³/mol. The monoisotopic (exact) mass is 270 g/mol. The summed E-state index contributed by atoms with van der Waals surface area (Å²) in [7, 11) is 0. The number of imidazole rings is 1. The maximum Gasteiger partial charge on any atom is 0.374 e. The quantitative estimate of drug-likeness (QED) is 0.740. The van der Waals surface area contributed by atoms with Gasteiger partial charge in [-0.15, -0.1) is 0 Å². The van der Waals surface area contributed by atoms with Crippen LogP contribution in [0.1, 0.15) is 28.9 Å². The molecule has 0 saturated heterocycles. The molecule has 0 amide bonds. The summed E-state index contributed by atoms with van der Waals surface area (Å²) in [6, 6.07) is 7.52. The first-order chi connectivity index (χ1) is 9.76. The lowest BCUT2D eigenvalue weighted by Gasteiger charge is -1.98. The van der Waals surface area contributed by atoms with Crippen molar-refractivity contribution in [2.45, 2.75) is 13.3 Å². The third-order valence-electron chi connectivity index (χ3n) is 2.98. The summed E-state index contributed by atoms with van der Waals surface area (Å²) in [4.78, 5) is 18.9. The van der Waals surface area contributed by atoms with Gasteiger partial charge in [0.15, 0.2) is 0 Å². The van der Waals surface area contributed by atoms with Gasteiger partial charge in [0.1, 0.15) is 11.4 Å². The van der Waals surface area contributed by atoms with E-state index in [1.165, 1.54) is 0 Å². The Bertz CT molecular complexity index is 729. The Balaban J connectivity index is 1.89. The van der Waals surface area contributed by atoms with Crippen LogP contribution in [0.25, 0.3) is 11.0 Å². The fraction of sp³-hybridized carbons (Fsp3) is 0.200. The van der Waals surface area contributed by atoms with E-state index < -0.39 is 5.97 Å². The van der Waals surface area contributed by atoms with Crippen LogP contribution in [-0.4, -0.2) is 22.5 Å². The Morgan fingerprint density at radius 3 is 3.05 bits per heavy atom. The number of H-pyrrole nitrogens is 1. The molecule has 0 fully saturated rings. The SMILES string of the molecule is CCOC(=O)c1cc2cc(Cc3ncc[nH]3)ccc2o1. The van der Waals surface area contributed by atoms with Gasteiger partial charge in [0, 0.05) is 24.2 Å². The van der Waals surface area contributed by atoms with Crippen molar-refractivity contribution in [1.29, 1.82) is 0 Å². The Hall–Kier alpha value is -2.56. The highest BCUT2D eigenvalue weighted by atomic mass is 16.5. The second kappa shape index (κ2) is 5.21. The molecule has 0 spiro atoms. The zero-order chi connectivity index (χ0) is 13.9. The number of furan rings is 1. The largest absolute Gasteiger partial charge is 0.460 e. The van der Waals surface area contributed by atoms with Crippen LogP contribution in [0, 0.1) is 0 Å². The molecule has 0 atom stereocenters. The van der Waals surface area contributed by atoms with Crippen molar-refractivity contribution in [2.24, 2.45) is 0 Å². The summed E-state index contributed by atoms with van der Waals surface area (Å²) < 4.78 is 10.4. The molecule has 0 aliphatic rings. The molecule has 5 heteroatoms. The van der Waals surface area contributed by atoms with Crippen LogP contribution in [0.5, 0.6) is 0 Å². The van der Waals surface area contributed by atoms with Crippen LogP contribution in [0.4, 0.5) is 0 Å². The average molecular weight is 270 g/mol. The summed E-state index contributed by atoms with van der Waals surface area (Å²) in [6.45, 7) is 2.10. The molecular formula is C15H14N2O3. The number of rotatable bonds is 4. The van der Waals surface area contributed by atoms with E-state index in [2.05, 4.69) is 9.97 Å². The Labute approximate surface area is 115 Å². The van der Waals surface area contributed by atoms with E-state index in [9.17, 15) is 4.79 Å². The lowest BCUT2D eigenvalue weighted by Crippen LogP contribution is -2.02. The van der Waals surface area contributed by atoms with Crippen molar-refractivity contribution in [3.8, 4) is 0 Å². The number of fused-ring (bicyclic) bond motifs is 1. The Morgan fingerprint density at radius 2 is 2.30 bits per heavy atom. The van der Waals surface area contributed by atoms with Gasteiger partial charge in [-0.2, -0.15) is 0 Å².